The number of carbonyl (C=O) groups excluding carboxylic acids is 2. The number of aromatic nitrogens is 1. The van der Waals surface area contributed by atoms with Crippen LogP contribution in [-0.4, -0.2) is 48.1 Å². The molecule has 0 bridgehead atoms. The minimum Gasteiger partial charge on any atom is -0.494 e. The summed E-state index contributed by atoms with van der Waals surface area (Å²) < 4.78 is 12.0. The van der Waals surface area contributed by atoms with Crippen LogP contribution in [0.3, 0.4) is 0 Å². The van der Waals surface area contributed by atoms with Gasteiger partial charge in [0.05, 0.1) is 30.2 Å². The number of anilines is 1. The van der Waals surface area contributed by atoms with E-state index in [1.807, 2.05) is 18.2 Å². The molecule has 1 aromatic heterocycles. The topological polar surface area (TPSA) is 68.7 Å². The number of carbonyl (C=O) groups is 2. The monoisotopic (exact) mass is 380 g/mol. The zero-order valence-corrected chi connectivity index (χ0v) is 15.8. The summed E-state index contributed by atoms with van der Waals surface area (Å²) in [7, 11) is 1.60. The van der Waals surface area contributed by atoms with E-state index in [0.29, 0.717) is 17.4 Å². The zero-order chi connectivity index (χ0) is 17.8. The maximum Gasteiger partial charge on any atom is 0.239 e. The Kier molecular flexibility index (Phi) is 5.93. The molecular formula is C17H20N2O4S2. The van der Waals surface area contributed by atoms with Crippen LogP contribution in [0.25, 0.3) is 10.2 Å². The van der Waals surface area contributed by atoms with E-state index in [9.17, 15) is 9.59 Å². The predicted octanol–water partition coefficient (Wildman–Crippen LogP) is 3.10. The number of amides is 1. The van der Waals surface area contributed by atoms with E-state index < -0.39 is 0 Å². The van der Waals surface area contributed by atoms with Crippen molar-refractivity contribution in [3.05, 3.63) is 18.2 Å². The summed E-state index contributed by atoms with van der Waals surface area (Å²) in [5.41, 5.74) is 0.745. The van der Waals surface area contributed by atoms with Gasteiger partial charge >= 0.3 is 0 Å². The second-order valence-electron chi connectivity index (χ2n) is 5.72. The molecule has 2 heterocycles. The number of hydrogen-bond acceptors (Lipinski definition) is 7. The Balaban J connectivity index is 1.89. The van der Waals surface area contributed by atoms with Gasteiger partial charge in [-0.05, 0) is 25.0 Å². The fourth-order valence-corrected chi connectivity index (χ4v) is 4.20. The lowest BCUT2D eigenvalue weighted by Gasteiger charge is -2.22. The van der Waals surface area contributed by atoms with Crippen LogP contribution < -0.4 is 9.64 Å². The highest BCUT2D eigenvalue weighted by Crippen LogP contribution is 2.34. The van der Waals surface area contributed by atoms with Crippen LogP contribution in [0, 0.1) is 0 Å². The quantitative estimate of drug-likeness (QED) is 0.767. The average Bonchev–Trinajstić information content (AvgIpc) is 3.26. The van der Waals surface area contributed by atoms with Gasteiger partial charge < -0.3 is 9.47 Å². The lowest BCUT2D eigenvalue weighted by molar-refractivity contribution is -0.117. The standard InChI is InChI=1S/C17H20N2O4S2/c1-11(20)24-10-15(21)19(9-12-5-4-8-23-12)17-18-16-13(22-2)6-3-7-14(16)25-17/h3,6-7,12H,4-5,8-10H2,1-2H3. The number of hydrogen-bond donors (Lipinski definition) is 0. The number of thioether (sulfide) groups is 1. The van der Waals surface area contributed by atoms with Gasteiger partial charge in [-0.3, -0.25) is 14.5 Å². The number of thiazole rings is 1. The van der Waals surface area contributed by atoms with Crippen LogP contribution in [0.15, 0.2) is 18.2 Å². The molecule has 1 atom stereocenters. The van der Waals surface area contributed by atoms with Gasteiger partial charge in [0.2, 0.25) is 5.91 Å². The van der Waals surface area contributed by atoms with Gasteiger partial charge in [0.15, 0.2) is 10.2 Å². The molecule has 6 nitrogen and oxygen atoms in total. The molecule has 0 radical (unpaired) electrons. The maximum absolute atomic E-state index is 12.7. The average molecular weight is 380 g/mol. The first-order valence-electron chi connectivity index (χ1n) is 8.07. The van der Waals surface area contributed by atoms with Crippen molar-refractivity contribution >= 4 is 49.5 Å². The summed E-state index contributed by atoms with van der Waals surface area (Å²) >= 11 is 2.46. The number of benzene rings is 1. The van der Waals surface area contributed by atoms with Crippen molar-refractivity contribution in [3.8, 4) is 5.75 Å². The molecule has 1 aliphatic heterocycles. The molecule has 0 aliphatic carbocycles. The number of nitrogens with zero attached hydrogens (tertiary/aromatic N) is 2. The third-order valence-corrected chi connectivity index (χ3v) is 5.77. The Hall–Kier alpha value is -1.64. The van der Waals surface area contributed by atoms with Crippen LogP contribution in [0.4, 0.5) is 5.13 Å². The molecule has 1 aliphatic rings. The number of ether oxygens (including phenoxy) is 2. The number of fused-ring (bicyclic) bond motifs is 1. The Labute approximate surface area is 154 Å². The molecule has 2 aromatic rings. The van der Waals surface area contributed by atoms with Crippen molar-refractivity contribution in [2.75, 3.05) is 30.9 Å². The largest absolute Gasteiger partial charge is 0.494 e. The van der Waals surface area contributed by atoms with E-state index >= 15 is 0 Å². The summed E-state index contributed by atoms with van der Waals surface area (Å²) in [5.74, 6) is 0.658. The van der Waals surface area contributed by atoms with Gasteiger partial charge in [-0.25, -0.2) is 4.98 Å². The third-order valence-electron chi connectivity index (χ3n) is 3.93. The highest BCUT2D eigenvalue weighted by atomic mass is 32.2. The van der Waals surface area contributed by atoms with Crippen LogP contribution in [0.1, 0.15) is 19.8 Å². The molecule has 1 saturated heterocycles. The smallest absolute Gasteiger partial charge is 0.239 e. The Morgan fingerprint density at radius 3 is 3.00 bits per heavy atom. The van der Waals surface area contributed by atoms with Gasteiger partial charge in [0.1, 0.15) is 11.3 Å². The van der Waals surface area contributed by atoms with Gasteiger partial charge in [-0.2, -0.15) is 0 Å². The maximum atomic E-state index is 12.7. The molecule has 25 heavy (non-hydrogen) atoms. The second kappa shape index (κ2) is 8.16. The zero-order valence-electron chi connectivity index (χ0n) is 14.2. The van der Waals surface area contributed by atoms with E-state index in [1.54, 1.807) is 12.0 Å². The predicted molar refractivity (Wildman–Crippen MR) is 101 cm³/mol. The first-order valence-corrected chi connectivity index (χ1v) is 9.87. The number of methoxy groups -OCH3 is 1. The lowest BCUT2D eigenvalue weighted by atomic mass is 10.2. The normalized spacial score (nSPS) is 17.0. The summed E-state index contributed by atoms with van der Waals surface area (Å²) in [4.78, 5) is 30.2. The molecule has 0 N–H and O–H groups in total. The lowest BCUT2D eigenvalue weighted by Crippen LogP contribution is -2.38. The van der Waals surface area contributed by atoms with Gasteiger partial charge in [-0.15, -0.1) is 0 Å². The summed E-state index contributed by atoms with van der Waals surface area (Å²) in [5, 5.41) is 0.542. The van der Waals surface area contributed by atoms with Crippen molar-refractivity contribution in [1.82, 2.24) is 4.98 Å². The first kappa shape index (κ1) is 18.2. The highest BCUT2D eigenvalue weighted by molar-refractivity contribution is 8.14. The first-order chi connectivity index (χ1) is 12.1. The second-order valence-corrected chi connectivity index (χ2v) is 7.88. The van der Waals surface area contributed by atoms with Crippen LogP contribution in [-0.2, 0) is 14.3 Å². The molecule has 1 fully saturated rings. The minimum atomic E-state index is -0.131. The van der Waals surface area contributed by atoms with Crippen molar-refractivity contribution in [2.45, 2.75) is 25.9 Å². The van der Waals surface area contributed by atoms with Crippen molar-refractivity contribution in [2.24, 2.45) is 0 Å². The highest BCUT2D eigenvalue weighted by Gasteiger charge is 2.26. The Morgan fingerprint density at radius 1 is 1.48 bits per heavy atom. The molecule has 134 valence electrons. The fourth-order valence-electron chi connectivity index (χ4n) is 2.71. The van der Waals surface area contributed by atoms with E-state index in [1.165, 1.54) is 18.3 Å². The van der Waals surface area contributed by atoms with E-state index in [0.717, 1.165) is 41.4 Å². The Morgan fingerprint density at radius 2 is 2.32 bits per heavy atom. The molecule has 1 unspecified atom stereocenters. The molecule has 3 rings (SSSR count). The molecule has 1 aromatic carbocycles. The van der Waals surface area contributed by atoms with Gasteiger partial charge in [0, 0.05) is 13.5 Å². The third kappa shape index (κ3) is 4.31. The summed E-state index contributed by atoms with van der Waals surface area (Å²) in [6.07, 6.45) is 1.95. The summed E-state index contributed by atoms with van der Waals surface area (Å²) in [6, 6.07) is 5.71. The van der Waals surface area contributed by atoms with E-state index in [2.05, 4.69) is 4.98 Å². The van der Waals surface area contributed by atoms with Gasteiger partial charge in [-0.1, -0.05) is 29.2 Å². The van der Waals surface area contributed by atoms with E-state index in [4.69, 9.17) is 9.47 Å². The van der Waals surface area contributed by atoms with Crippen molar-refractivity contribution in [3.63, 3.8) is 0 Å². The van der Waals surface area contributed by atoms with Crippen molar-refractivity contribution < 1.29 is 19.1 Å². The molecular weight excluding hydrogens is 360 g/mol. The Bertz CT molecular complexity index is 771. The van der Waals surface area contributed by atoms with E-state index in [-0.39, 0.29) is 22.9 Å². The molecule has 1 amide bonds. The molecule has 8 heteroatoms. The molecule has 0 saturated carbocycles. The number of rotatable bonds is 6. The number of para-hydroxylation sites is 1. The van der Waals surface area contributed by atoms with Crippen LogP contribution in [0.5, 0.6) is 5.75 Å². The minimum absolute atomic E-state index is 0.0141. The van der Waals surface area contributed by atoms with Gasteiger partial charge in [0.25, 0.3) is 0 Å². The SMILES string of the molecule is COc1cccc2sc(N(CC3CCCO3)C(=O)CSC(C)=O)nc12. The van der Waals surface area contributed by atoms with Crippen LogP contribution in [0.2, 0.25) is 0 Å². The van der Waals surface area contributed by atoms with Crippen molar-refractivity contribution in [1.29, 1.82) is 0 Å². The fraction of sp³-hybridized carbons (Fsp3) is 0.471. The van der Waals surface area contributed by atoms with Crippen LogP contribution >= 0.6 is 23.1 Å². The summed E-state index contributed by atoms with van der Waals surface area (Å²) in [6.45, 7) is 2.65. The molecule has 0 spiro atoms.